The molecular weight excluding hydrogens is 198 g/mol. The fourth-order valence-electron chi connectivity index (χ4n) is 2.12. The quantitative estimate of drug-likeness (QED) is 0.724. The average molecular weight is 227 g/mol. The van der Waals surface area contributed by atoms with Gasteiger partial charge in [0.1, 0.15) is 0 Å². The maximum atomic E-state index is 10.0. The van der Waals surface area contributed by atoms with Crippen LogP contribution in [-0.4, -0.2) is 23.8 Å². The van der Waals surface area contributed by atoms with Crippen LogP contribution in [0.15, 0.2) is 0 Å². The van der Waals surface area contributed by atoms with Gasteiger partial charge in [0.15, 0.2) is 0 Å². The molecule has 16 heavy (non-hydrogen) atoms. The van der Waals surface area contributed by atoms with Crippen molar-refractivity contribution in [2.24, 2.45) is 11.3 Å². The second kappa shape index (κ2) is 6.02. The van der Waals surface area contributed by atoms with Gasteiger partial charge in [0.25, 0.3) is 0 Å². The van der Waals surface area contributed by atoms with E-state index in [2.05, 4.69) is 33.0 Å². The van der Waals surface area contributed by atoms with E-state index in [-0.39, 0.29) is 6.10 Å². The molecule has 2 N–H and O–H groups in total. The minimum atomic E-state index is -0.134. The smallest absolute Gasteiger partial charge is 0.0693 e. The molecule has 0 aromatic carbocycles. The number of hydrogen-bond acceptors (Lipinski definition) is 2. The van der Waals surface area contributed by atoms with Gasteiger partial charge >= 0.3 is 0 Å². The molecule has 2 atom stereocenters. The van der Waals surface area contributed by atoms with E-state index in [0.29, 0.717) is 17.4 Å². The summed E-state index contributed by atoms with van der Waals surface area (Å²) in [6.45, 7) is 10.1. The van der Waals surface area contributed by atoms with Gasteiger partial charge in [-0.2, -0.15) is 0 Å². The molecule has 1 aliphatic rings. The van der Waals surface area contributed by atoms with E-state index in [0.717, 1.165) is 19.4 Å². The topological polar surface area (TPSA) is 32.3 Å². The van der Waals surface area contributed by atoms with Crippen LogP contribution < -0.4 is 5.32 Å². The van der Waals surface area contributed by atoms with Crippen molar-refractivity contribution in [3.63, 3.8) is 0 Å². The van der Waals surface area contributed by atoms with Crippen LogP contribution in [0.3, 0.4) is 0 Å². The van der Waals surface area contributed by atoms with E-state index in [1.54, 1.807) is 0 Å². The highest BCUT2D eigenvalue weighted by Gasteiger charge is 2.26. The van der Waals surface area contributed by atoms with Crippen molar-refractivity contribution in [2.45, 2.75) is 71.9 Å². The van der Waals surface area contributed by atoms with Gasteiger partial charge in [-0.05, 0) is 24.2 Å². The Hall–Kier alpha value is -0.0800. The molecule has 0 heterocycles. The zero-order chi connectivity index (χ0) is 12.2. The van der Waals surface area contributed by atoms with Crippen molar-refractivity contribution in [3.8, 4) is 0 Å². The Morgan fingerprint density at radius 1 is 1.19 bits per heavy atom. The molecule has 0 spiro atoms. The molecule has 0 radical (unpaired) electrons. The SMILES string of the molecule is CC(C)C(C)(C)CNC1CCCCCC1O. The second-order valence-electron chi connectivity index (χ2n) is 6.34. The van der Waals surface area contributed by atoms with E-state index in [1.807, 2.05) is 0 Å². The van der Waals surface area contributed by atoms with Crippen molar-refractivity contribution < 1.29 is 5.11 Å². The first-order valence-electron chi connectivity index (χ1n) is 6.85. The minimum Gasteiger partial charge on any atom is -0.392 e. The van der Waals surface area contributed by atoms with Crippen molar-refractivity contribution in [2.75, 3.05) is 6.54 Å². The molecule has 1 rings (SSSR count). The fraction of sp³-hybridized carbons (Fsp3) is 1.00. The van der Waals surface area contributed by atoms with Crippen LogP contribution in [-0.2, 0) is 0 Å². The Kier molecular flexibility index (Phi) is 5.26. The molecule has 0 aromatic heterocycles. The van der Waals surface area contributed by atoms with Crippen LogP contribution in [0.25, 0.3) is 0 Å². The number of aliphatic hydroxyl groups excluding tert-OH is 1. The summed E-state index contributed by atoms with van der Waals surface area (Å²) in [5.74, 6) is 0.669. The number of aliphatic hydroxyl groups is 1. The molecular formula is C14H29NO. The predicted molar refractivity (Wildman–Crippen MR) is 69.5 cm³/mol. The lowest BCUT2D eigenvalue weighted by atomic mass is 9.81. The molecule has 2 nitrogen and oxygen atoms in total. The van der Waals surface area contributed by atoms with Gasteiger partial charge in [-0.1, -0.05) is 47.0 Å². The molecule has 2 unspecified atom stereocenters. The highest BCUT2D eigenvalue weighted by Crippen LogP contribution is 2.26. The van der Waals surface area contributed by atoms with E-state index in [1.165, 1.54) is 19.3 Å². The number of hydrogen-bond donors (Lipinski definition) is 2. The largest absolute Gasteiger partial charge is 0.392 e. The maximum absolute atomic E-state index is 10.0. The highest BCUT2D eigenvalue weighted by atomic mass is 16.3. The van der Waals surface area contributed by atoms with Crippen molar-refractivity contribution >= 4 is 0 Å². The molecule has 1 fully saturated rings. The van der Waals surface area contributed by atoms with Gasteiger partial charge < -0.3 is 10.4 Å². The molecule has 96 valence electrons. The summed E-state index contributed by atoms with van der Waals surface area (Å²) in [4.78, 5) is 0. The van der Waals surface area contributed by atoms with Crippen LogP contribution in [0.5, 0.6) is 0 Å². The molecule has 0 amide bonds. The third kappa shape index (κ3) is 4.06. The van der Waals surface area contributed by atoms with E-state index >= 15 is 0 Å². The van der Waals surface area contributed by atoms with Crippen LogP contribution in [0, 0.1) is 11.3 Å². The Morgan fingerprint density at radius 3 is 2.44 bits per heavy atom. The minimum absolute atomic E-state index is 0.134. The van der Waals surface area contributed by atoms with Gasteiger partial charge in [-0.3, -0.25) is 0 Å². The zero-order valence-electron chi connectivity index (χ0n) is 11.4. The third-order valence-electron chi connectivity index (χ3n) is 4.36. The van der Waals surface area contributed by atoms with Crippen LogP contribution >= 0.6 is 0 Å². The number of nitrogens with one attached hydrogen (secondary N) is 1. The zero-order valence-corrected chi connectivity index (χ0v) is 11.4. The average Bonchev–Trinajstić information content (AvgIpc) is 2.40. The summed E-state index contributed by atoms with van der Waals surface area (Å²) in [7, 11) is 0. The Labute approximate surface area is 101 Å². The van der Waals surface area contributed by atoms with Crippen LogP contribution in [0.1, 0.15) is 59.8 Å². The molecule has 1 aliphatic carbocycles. The Morgan fingerprint density at radius 2 is 1.81 bits per heavy atom. The van der Waals surface area contributed by atoms with Gasteiger partial charge in [-0.15, -0.1) is 0 Å². The number of rotatable bonds is 4. The monoisotopic (exact) mass is 227 g/mol. The van der Waals surface area contributed by atoms with E-state index < -0.39 is 0 Å². The van der Waals surface area contributed by atoms with Crippen LogP contribution in [0.4, 0.5) is 0 Å². The summed E-state index contributed by atoms with van der Waals surface area (Å²) in [6.07, 6.45) is 5.70. The van der Waals surface area contributed by atoms with Crippen molar-refractivity contribution in [1.29, 1.82) is 0 Å². The van der Waals surface area contributed by atoms with Crippen molar-refractivity contribution in [3.05, 3.63) is 0 Å². The molecule has 0 saturated heterocycles. The van der Waals surface area contributed by atoms with Gasteiger partial charge in [0, 0.05) is 12.6 Å². The summed E-state index contributed by atoms with van der Waals surface area (Å²) < 4.78 is 0. The first-order chi connectivity index (χ1) is 7.43. The first-order valence-corrected chi connectivity index (χ1v) is 6.85. The van der Waals surface area contributed by atoms with Crippen LogP contribution in [0.2, 0.25) is 0 Å². The molecule has 2 heteroatoms. The molecule has 0 bridgehead atoms. The Bertz CT molecular complexity index is 201. The summed E-state index contributed by atoms with van der Waals surface area (Å²) in [5.41, 5.74) is 0.312. The standard InChI is InChI=1S/C14H29NO/c1-11(2)14(3,4)10-15-12-8-6-5-7-9-13(12)16/h11-13,15-16H,5-10H2,1-4H3. The lowest BCUT2D eigenvalue weighted by Crippen LogP contribution is -2.44. The molecule has 0 aromatic rings. The van der Waals surface area contributed by atoms with E-state index in [9.17, 15) is 5.11 Å². The third-order valence-corrected chi connectivity index (χ3v) is 4.36. The molecule has 1 saturated carbocycles. The predicted octanol–water partition coefficient (Wildman–Crippen LogP) is 2.95. The molecule has 0 aliphatic heterocycles. The normalized spacial score (nSPS) is 28.1. The highest BCUT2D eigenvalue weighted by molar-refractivity contribution is 4.83. The lowest BCUT2D eigenvalue weighted by Gasteiger charge is -2.33. The lowest BCUT2D eigenvalue weighted by molar-refractivity contribution is 0.108. The summed E-state index contributed by atoms with van der Waals surface area (Å²) >= 11 is 0. The maximum Gasteiger partial charge on any atom is 0.0693 e. The summed E-state index contributed by atoms with van der Waals surface area (Å²) in [6, 6.07) is 0.320. The van der Waals surface area contributed by atoms with Crippen molar-refractivity contribution in [1.82, 2.24) is 5.32 Å². The Balaban J connectivity index is 2.40. The first kappa shape index (κ1) is 14.0. The van der Waals surface area contributed by atoms with Gasteiger partial charge in [0.05, 0.1) is 6.10 Å². The van der Waals surface area contributed by atoms with Gasteiger partial charge in [-0.25, -0.2) is 0 Å². The van der Waals surface area contributed by atoms with E-state index in [4.69, 9.17) is 0 Å². The second-order valence-corrected chi connectivity index (χ2v) is 6.34. The van der Waals surface area contributed by atoms with Gasteiger partial charge in [0.2, 0.25) is 0 Å². The summed E-state index contributed by atoms with van der Waals surface area (Å²) in [5, 5.41) is 13.6. The fourth-order valence-corrected chi connectivity index (χ4v) is 2.12.